The zero-order chi connectivity index (χ0) is 10.7. The molecular formula is C10H10N4O. The van der Waals surface area contributed by atoms with Crippen LogP contribution >= 0.6 is 0 Å². The van der Waals surface area contributed by atoms with Gasteiger partial charge in [0.1, 0.15) is 11.5 Å². The van der Waals surface area contributed by atoms with E-state index in [0.717, 1.165) is 0 Å². The van der Waals surface area contributed by atoms with Gasteiger partial charge < -0.3 is 11.1 Å². The smallest absolute Gasteiger partial charge is 0.255 e. The Bertz CT molecular complexity index is 463. The predicted octanol–water partition coefficient (Wildman–Crippen LogP) is 1.24. The highest BCUT2D eigenvalue weighted by Gasteiger charge is 2.07. The van der Waals surface area contributed by atoms with E-state index < -0.39 is 0 Å². The van der Waals surface area contributed by atoms with Gasteiger partial charge in [-0.05, 0) is 12.1 Å². The fourth-order valence-corrected chi connectivity index (χ4v) is 1.18. The Morgan fingerprint density at radius 3 is 2.67 bits per heavy atom. The number of hydrogen-bond acceptors (Lipinski definition) is 3. The lowest BCUT2D eigenvalue weighted by Crippen LogP contribution is -2.12. The van der Waals surface area contributed by atoms with Gasteiger partial charge in [-0.3, -0.25) is 9.89 Å². The van der Waals surface area contributed by atoms with Crippen molar-refractivity contribution in [3.8, 4) is 0 Å². The number of benzene rings is 1. The molecule has 0 aliphatic heterocycles. The zero-order valence-electron chi connectivity index (χ0n) is 7.90. The maximum absolute atomic E-state index is 11.7. The van der Waals surface area contributed by atoms with Crippen LogP contribution in [-0.2, 0) is 0 Å². The standard InChI is InChI=1S/C10H10N4O/c11-9-8(6-12-14-9)13-10(15)7-4-2-1-3-5-7/h1-6H,(H,13,15)(H3,11,12,14). The number of hydrogen-bond donors (Lipinski definition) is 3. The first-order chi connectivity index (χ1) is 7.27. The number of rotatable bonds is 2. The maximum atomic E-state index is 11.7. The van der Waals surface area contributed by atoms with Crippen LogP contribution in [0.3, 0.4) is 0 Å². The summed E-state index contributed by atoms with van der Waals surface area (Å²) in [5.41, 5.74) is 6.61. The molecule has 2 rings (SSSR count). The SMILES string of the molecule is Nc1[nH]ncc1NC(=O)c1ccccc1. The Kier molecular flexibility index (Phi) is 2.37. The number of aromatic amines is 1. The van der Waals surface area contributed by atoms with Crippen LogP contribution in [0.4, 0.5) is 11.5 Å². The third-order valence-electron chi connectivity index (χ3n) is 1.95. The number of nitrogens with zero attached hydrogens (tertiary/aromatic N) is 1. The monoisotopic (exact) mass is 202 g/mol. The van der Waals surface area contributed by atoms with E-state index >= 15 is 0 Å². The molecule has 4 N–H and O–H groups in total. The number of nitrogens with one attached hydrogen (secondary N) is 2. The Labute approximate surface area is 86.3 Å². The average molecular weight is 202 g/mol. The van der Waals surface area contributed by atoms with Crippen LogP contribution in [0.1, 0.15) is 10.4 Å². The number of aromatic nitrogens is 2. The first-order valence-corrected chi connectivity index (χ1v) is 4.42. The minimum Gasteiger partial charge on any atom is -0.382 e. The minimum absolute atomic E-state index is 0.205. The van der Waals surface area contributed by atoms with Crippen LogP contribution in [0, 0.1) is 0 Å². The number of amides is 1. The molecular weight excluding hydrogens is 192 g/mol. The normalized spacial score (nSPS) is 9.87. The van der Waals surface area contributed by atoms with Crippen LogP contribution < -0.4 is 11.1 Å². The van der Waals surface area contributed by atoms with E-state index in [2.05, 4.69) is 15.5 Å². The van der Waals surface area contributed by atoms with Crippen LogP contribution in [-0.4, -0.2) is 16.1 Å². The molecule has 0 saturated heterocycles. The van der Waals surface area contributed by atoms with Crippen molar-refractivity contribution in [3.63, 3.8) is 0 Å². The molecule has 0 bridgehead atoms. The molecule has 0 atom stereocenters. The highest BCUT2D eigenvalue weighted by molar-refractivity contribution is 6.05. The summed E-state index contributed by atoms with van der Waals surface area (Å²) in [6.45, 7) is 0. The van der Waals surface area contributed by atoms with E-state index in [1.54, 1.807) is 24.3 Å². The highest BCUT2D eigenvalue weighted by Crippen LogP contribution is 2.14. The van der Waals surface area contributed by atoms with E-state index in [-0.39, 0.29) is 5.91 Å². The van der Waals surface area contributed by atoms with Crippen molar-refractivity contribution in [1.29, 1.82) is 0 Å². The van der Waals surface area contributed by atoms with E-state index in [4.69, 9.17) is 5.73 Å². The summed E-state index contributed by atoms with van der Waals surface area (Å²) < 4.78 is 0. The van der Waals surface area contributed by atoms with Gasteiger partial charge in [0, 0.05) is 5.56 Å². The largest absolute Gasteiger partial charge is 0.382 e. The molecule has 0 spiro atoms. The minimum atomic E-state index is -0.205. The Morgan fingerprint density at radius 2 is 2.07 bits per heavy atom. The summed E-state index contributed by atoms with van der Waals surface area (Å²) in [4.78, 5) is 11.7. The molecule has 0 fully saturated rings. The third-order valence-corrected chi connectivity index (χ3v) is 1.95. The van der Waals surface area contributed by atoms with Gasteiger partial charge in [-0.1, -0.05) is 18.2 Å². The zero-order valence-corrected chi connectivity index (χ0v) is 7.90. The number of nitrogen functional groups attached to an aromatic ring is 1. The summed E-state index contributed by atoms with van der Waals surface area (Å²) in [5.74, 6) is 0.142. The molecule has 5 nitrogen and oxygen atoms in total. The second kappa shape index (κ2) is 3.83. The predicted molar refractivity (Wildman–Crippen MR) is 57.4 cm³/mol. The second-order valence-electron chi connectivity index (χ2n) is 3.02. The Morgan fingerprint density at radius 1 is 1.33 bits per heavy atom. The molecule has 1 aromatic carbocycles. The van der Waals surface area contributed by atoms with Crippen molar-refractivity contribution in [2.45, 2.75) is 0 Å². The van der Waals surface area contributed by atoms with E-state index in [1.165, 1.54) is 6.20 Å². The van der Waals surface area contributed by atoms with Gasteiger partial charge in [0.05, 0.1) is 6.20 Å². The molecule has 1 amide bonds. The Hall–Kier alpha value is -2.30. The molecule has 0 aliphatic carbocycles. The molecule has 0 radical (unpaired) electrons. The summed E-state index contributed by atoms with van der Waals surface area (Å²) in [7, 11) is 0. The number of nitrogens with two attached hydrogens (primary N) is 1. The third kappa shape index (κ3) is 1.96. The lowest BCUT2D eigenvalue weighted by molar-refractivity contribution is 0.102. The number of carbonyl (C=O) groups is 1. The fraction of sp³-hybridized carbons (Fsp3) is 0. The second-order valence-corrected chi connectivity index (χ2v) is 3.02. The first kappa shape index (κ1) is 9.26. The van der Waals surface area contributed by atoms with Crippen LogP contribution in [0.25, 0.3) is 0 Å². The Balaban J connectivity index is 2.15. The molecule has 15 heavy (non-hydrogen) atoms. The maximum Gasteiger partial charge on any atom is 0.255 e. The number of carbonyl (C=O) groups excluding carboxylic acids is 1. The van der Waals surface area contributed by atoms with Gasteiger partial charge in [0.15, 0.2) is 0 Å². The van der Waals surface area contributed by atoms with Crippen molar-refractivity contribution >= 4 is 17.4 Å². The quantitative estimate of drug-likeness (QED) is 0.685. The summed E-state index contributed by atoms with van der Waals surface area (Å²) in [5, 5.41) is 8.89. The molecule has 2 aromatic rings. The summed E-state index contributed by atoms with van der Waals surface area (Å²) >= 11 is 0. The lowest BCUT2D eigenvalue weighted by atomic mass is 10.2. The first-order valence-electron chi connectivity index (χ1n) is 4.42. The van der Waals surface area contributed by atoms with Crippen molar-refractivity contribution in [2.75, 3.05) is 11.1 Å². The molecule has 0 unspecified atom stereocenters. The molecule has 76 valence electrons. The van der Waals surface area contributed by atoms with Crippen molar-refractivity contribution < 1.29 is 4.79 Å². The molecule has 5 heteroatoms. The van der Waals surface area contributed by atoms with E-state index in [0.29, 0.717) is 17.1 Å². The van der Waals surface area contributed by atoms with Gasteiger partial charge >= 0.3 is 0 Å². The van der Waals surface area contributed by atoms with Crippen LogP contribution in [0.2, 0.25) is 0 Å². The van der Waals surface area contributed by atoms with E-state index in [1.807, 2.05) is 6.07 Å². The van der Waals surface area contributed by atoms with Crippen molar-refractivity contribution in [3.05, 3.63) is 42.1 Å². The topological polar surface area (TPSA) is 83.8 Å². The molecule has 0 aliphatic rings. The van der Waals surface area contributed by atoms with Crippen molar-refractivity contribution in [2.24, 2.45) is 0 Å². The van der Waals surface area contributed by atoms with Gasteiger partial charge in [-0.25, -0.2) is 0 Å². The van der Waals surface area contributed by atoms with Gasteiger partial charge in [0.25, 0.3) is 5.91 Å². The number of H-pyrrole nitrogens is 1. The van der Waals surface area contributed by atoms with Crippen molar-refractivity contribution in [1.82, 2.24) is 10.2 Å². The summed E-state index contributed by atoms with van der Waals surface area (Å²) in [6, 6.07) is 8.90. The van der Waals surface area contributed by atoms with Gasteiger partial charge in [0.2, 0.25) is 0 Å². The highest BCUT2D eigenvalue weighted by atomic mass is 16.1. The van der Waals surface area contributed by atoms with Gasteiger partial charge in [-0.15, -0.1) is 0 Å². The van der Waals surface area contributed by atoms with Crippen LogP contribution in [0.5, 0.6) is 0 Å². The molecule has 1 heterocycles. The number of anilines is 2. The fourth-order valence-electron chi connectivity index (χ4n) is 1.18. The van der Waals surface area contributed by atoms with E-state index in [9.17, 15) is 4.79 Å². The lowest BCUT2D eigenvalue weighted by Gasteiger charge is -2.02. The average Bonchev–Trinajstić information content (AvgIpc) is 2.66. The van der Waals surface area contributed by atoms with Gasteiger partial charge in [-0.2, -0.15) is 5.10 Å². The van der Waals surface area contributed by atoms with Crippen LogP contribution in [0.15, 0.2) is 36.5 Å². The summed E-state index contributed by atoms with van der Waals surface area (Å²) in [6.07, 6.45) is 1.47. The molecule has 0 saturated carbocycles. The molecule has 1 aromatic heterocycles.